The number of hydroxylamine groups is 2. The highest BCUT2D eigenvalue weighted by molar-refractivity contribution is 4.53. The Bertz CT molecular complexity index is 294. The van der Waals surface area contributed by atoms with Crippen LogP contribution in [0.2, 0.25) is 0 Å². The fourth-order valence-corrected chi connectivity index (χ4v) is 4.21. The third kappa shape index (κ3) is 31.9. The Hall–Kier alpha value is -0.340. The number of nitrogens with zero attached hydrogens (tertiary/aromatic N) is 1. The van der Waals surface area contributed by atoms with Gasteiger partial charge in [0.1, 0.15) is 0 Å². The molecule has 0 saturated carbocycles. The summed E-state index contributed by atoms with van der Waals surface area (Å²) >= 11 is 0. The second-order valence-corrected chi connectivity index (χ2v) is 9.38. The molecule has 2 nitrogen and oxygen atoms in total. The Balaban J connectivity index is 0. The van der Waals surface area contributed by atoms with Crippen LogP contribution in [0.4, 0.5) is 0 Å². The molecule has 0 spiro atoms. The Morgan fingerprint density at radius 3 is 0.806 bits per heavy atom. The molecule has 0 aliphatic rings. The van der Waals surface area contributed by atoms with Crippen molar-refractivity contribution in [3.05, 3.63) is 13.2 Å². The van der Waals surface area contributed by atoms with Gasteiger partial charge in [0, 0.05) is 13.1 Å². The zero-order chi connectivity index (χ0) is 23.3. The molecule has 0 fully saturated rings. The van der Waals surface area contributed by atoms with Crippen molar-refractivity contribution >= 4 is 0 Å². The molecule has 31 heavy (non-hydrogen) atoms. The second kappa shape index (κ2) is 31.8. The van der Waals surface area contributed by atoms with E-state index in [4.69, 9.17) is 0 Å². The molecule has 2 heteroatoms. The van der Waals surface area contributed by atoms with E-state index >= 15 is 0 Å². The van der Waals surface area contributed by atoms with Gasteiger partial charge in [-0.25, -0.2) is 0 Å². The normalized spacial score (nSPS) is 11.0. The van der Waals surface area contributed by atoms with Crippen molar-refractivity contribution in [3.8, 4) is 0 Å². The van der Waals surface area contributed by atoms with E-state index in [9.17, 15) is 5.21 Å². The fourth-order valence-electron chi connectivity index (χ4n) is 4.21. The van der Waals surface area contributed by atoms with E-state index in [1.807, 2.05) is 0 Å². The monoisotopic (exact) mass is 439 g/mol. The highest BCUT2D eigenvalue weighted by Gasteiger charge is 2.01. The lowest BCUT2D eigenvalue weighted by Gasteiger charge is -2.14. The van der Waals surface area contributed by atoms with Crippen LogP contribution in [0.5, 0.6) is 0 Å². The smallest absolute Gasteiger partial charge is 0.0238 e. The summed E-state index contributed by atoms with van der Waals surface area (Å²) in [5.41, 5.74) is 0. The Labute approximate surface area is 198 Å². The van der Waals surface area contributed by atoms with Crippen LogP contribution in [0.15, 0.2) is 13.2 Å². The molecule has 0 rings (SSSR count). The van der Waals surface area contributed by atoms with Crippen molar-refractivity contribution in [2.75, 3.05) is 13.1 Å². The topological polar surface area (TPSA) is 23.5 Å². The van der Waals surface area contributed by atoms with Crippen molar-refractivity contribution in [1.29, 1.82) is 0 Å². The predicted molar refractivity (Wildman–Crippen MR) is 142 cm³/mol. The standard InChI is InChI=1S/C27H57NO.C2H4/c1-3-5-7-9-11-13-15-17-19-21-23-25-27-28(29)26-24-22-20-18-16-14-12-10-8-6-4-2;1-2/h29H,3-27H2,1-2H3;1-2H2. The summed E-state index contributed by atoms with van der Waals surface area (Å²) in [7, 11) is 0. The van der Waals surface area contributed by atoms with E-state index in [1.54, 1.807) is 5.06 Å². The van der Waals surface area contributed by atoms with Gasteiger partial charge >= 0.3 is 0 Å². The second-order valence-electron chi connectivity index (χ2n) is 9.38. The van der Waals surface area contributed by atoms with Crippen LogP contribution in [0, 0.1) is 0 Å². The average molecular weight is 440 g/mol. The van der Waals surface area contributed by atoms with Gasteiger partial charge in [0.25, 0.3) is 0 Å². The van der Waals surface area contributed by atoms with Gasteiger partial charge in [-0.3, -0.25) is 0 Å². The van der Waals surface area contributed by atoms with Gasteiger partial charge in [0.05, 0.1) is 0 Å². The molecule has 0 aromatic heterocycles. The first-order valence-corrected chi connectivity index (χ1v) is 14.2. The summed E-state index contributed by atoms with van der Waals surface area (Å²) in [6.07, 6.45) is 31.6. The van der Waals surface area contributed by atoms with E-state index in [0.717, 1.165) is 25.9 Å². The summed E-state index contributed by atoms with van der Waals surface area (Å²) in [6, 6.07) is 0. The maximum absolute atomic E-state index is 9.99. The van der Waals surface area contributed by atoms with Crippen LogP contribution in [-0.4, -0.2) is 23.4 Å². The maximum Gasteiger partial charge on any atom is 0.0238 e. The SMILES string of the molecule is C=C.CCCCCCCCCCCCCCN(O)CCCCCCCCCCCCC. The molecule has 188 valence electrons. The minimum atomic E-state index is 0.870. The molecule has 0 aromatic rings. The van der Waals surface area contributed by atoms with Crippen LogP contribution in [0.3, 0.4) is 0 Å². The molecule has 0 unspecified atom stereocenters. The van der Waals surface area contributed by atoms with Gasteiger partial charge in [-0.2, -0.15) is 5.06 Å². The summed E-state index contributed by atoms with van der Waals surface area (Å²) in [4.78, 5) is 0. The maximum atomic E-state index is 9.99. The molecule has 0 saturated heterocycles. The lowest BCUT2D eigenvalue weighted by atomic mass is 10.1. The lowest BCUT2D eigenvalue weighted by Crippen LogP contribution is -2.21. The highest BCUT2D eigenvalue weighted by atomic mass is 16.5. The fraction of sp³-hybridized carbons (Fsp3) is 0.931. The Kier molecular flexibility index (Phi) is 33.7. The molecule has 0 aromatic carbocycles. The molecule has 0 radical (unpaired) electrons. The van der Waals surface area contributed by atoms with Gasteiger partial charge in [-0.15, -0.1) is 13.2 Å². The van der Waals surface area contributed by atoms with Gasteiger partial charge in [-0.05, 0) is 12.8 Å². The molecule has 0 atom stereocenters. The zero-order valence-corrected chi connectivity index (χ0v) is 22.0. The first-order chi connectivity index (χ1) is 15.3. The minimum absolute atomic E-state index is 0.870. The molecule has 0 bridgehead atoms. The molecular weight excluding hydrogens is 378 g/mol. The lowest BCUT2D eigenvalue weighted by molar-refractivity contribution is -0.0925. The number of rotatable bonds is 25. The largest absolute Gasteiger partial charge is 0.314 e. The molecule has 0 aliphatic carbocycles. The van der Waals surface area contributed by atoms with Crippen molar-refractivity contribution in [1.82, 2.24) is 5.06 Å². The molecule has 0 heterocycles. The third-order valence-corrected chi connectivity index (χ3v) is 6.29. The van der Waals surface area contributed by atoms with Crippen LogP contribution in [0.25, 0.3) is 0 Å². The summed E-state index contributed by atoms with van der Waals surface area (Å²) in [5, 5.41) is 11.6. The van der Waals surface area contributed by atoms with Crippen molar-refractivity contribution in [2.45, 2.75) is 162 Å². The van der Waals surface area contributed by atoms with E-state index < -0.39 is 0 Å². The van der Waals surface area contributed by atoms with E-state index in [1.165, 1.54) is 135 Å². The van der Waals surface area contributed by atoms with Crippen molar-refractivity contribution in [2.24, 2.45) is 0 Å². The van der Waals surface area contributed by atoms with Crippen molar-refractivity contribution in [3.63, 3.8) is 0 Å². The first-order valence-electron chi connectivity index (χ1n) is 14.2. The Morgan fingerprint density at radius 1 is 0.387 bits per heavy atom. The number of hydrogen-bond acceptors (Lipinski definition) is 2. The molecule has 0 aliphatic heterocycles. The molecule has 1 N–H and O–H groups in total. The summed E-state index contributed by atoms with van der Waals surface area (Å²) in [5.74, 6) is 0. The summed E-state index contributed by atoms with van der Waals surface area (Å²) < 4.78 is 0. The van der Waals surface area contributed by atoms with E-state index in [-0.39, 0.29) is 0 Å². The van der Waals surface area contributed by atoms with Gasteiger partial charge in [-0.1, -0.05) is 149 Å². The Morgan fingerprint density at radius 2 is 0.581 bits per heavy atom. The molecule has 0 amide bonds. The molecular formula is C29H61NO. The predicted octanol–water partition coefficient (Wildman–Crippen LogP) is 10.5. The van der Waals surface area contributed by atoms with Crippen molar-refractivity contribution < 1.29 is 5.21 Å². The minimum Gasteiger partial charge on any atom is -0.314 e. The highest BCUT2D eigenvalue weighted by Crippen LogP contribution is 2.13. The average Bonchev–Trinajstić information content (AvgIpc) is 2.79. The van der Waals surface area contributed by atoms with Gasteiger partial charge in [0.15, 0.2) is 0 Å². The third-order valence-electron chi connectivity index (χ3n) is 6.29. The van der Waals surface area contributed by atoms with Crippen LogP contribution in [0.1, 0.15) is 162 Å². The van der Waals surface area contributed by atoms with Crippen LogP contribution >= 0.6 is 0 Å². The summed E-state index contributed by atoms with van der Waals surface area (Å²) in [6.45, 7) is 12.3. The van der Waals surface area contributed by atoms with E-state index in [0.29, 0.717) is 0 Å². The van der Waals surface area contributed by atoms with E-state index in [2.05, 4.69) is 27.0 Å². The number of unbranched alkanes of at least 4 members (excludes halogenated alkanes) is 21. The quantitative estimate of drug-likeness (QED) is 0.0868. The van der Waals surface area contributed by atoms with Gasteiger partial charge < -0.3 is 5.21 Å². The van der Waals surface area contributed by atoms with Crippen LogP contribution < -0.4 is 0 Å². The number of hydrogen-bond donors (Lipinski definition) is 1. The van der Waals surface area contributed by atoms with Gasteiger partial charge in [0.2, 0.25) is 0 Å². The zero-order valence-electron chi connectivity index (χ0n) is 22.0. The first kappa shape index (κ1) is 32.8. The van der Waals surface area contributed by atoms with Crippen LogP contribution in [-0.2, 0) is 0 Å².